The Kier molecular flexibility index (Phi) is 3.18. The normalized spacial score (nSPS) is 12.1. The number of hydrogen-bond donors (Lipinski definition) is 0. The highest BCUT2D eigenvalue weighted by molar-refractivity contribution is 5.77. The van der Waals surface area contributed by atoms with Crippen LogP contribution in [0.4, 0.5) is 13.2 Å². The molecule has 3 aromatic rings. The van der Waals surface area contributed by atoms with Crippen molar-refractivity contribution in [3.8, 4) is 11.1 Å². The lowest BCUT2D eigenvalue weighted by Gasteiger charge is -2.09. The lowest BCUT2D eigenvalue weighted by Crippen LogP contribution is -2.02. The average molecular weight is 311 g/mol. The fraction of sp³-hybridized carbons (Fsp3) is 0.105. The van der Waals surface area contributed by atoms with E-state index < -0.39 is 11.8 Å². The van der Waals surface area contributed by atoms with E-state index >= 15 is 0 Å². The molecular weight excluding hydrogens is 299 g/mol. The fourth-order valence-electron chi connectivity index (χ4n) is 3.12. The Morgan fingerprint density at radius 1 is 0.870 bits per heavy atom. The Hall–Kier alpha value is -2.62. The van der Waals surface area contributed by atoms with E-state index in [-0.39, 0.29) is 17.9 Å². The third-order valence-corrected chi connectivity index (χ3v) is 4.24. The van der Waals surface area contributed by atoms with E-state index in [1.807, 2.05) is 30.3 Å². The molecule has 0 saturated carbocycles. The third-order valence-electron chi connectivity index (χ3n) is 4.24. The van der Waals surface area contributed by atoms with Gasteiger partial charge in [-0.1, -0.05) is 36.4 Å². The van der Waals surface area contributed by atoms with Crippen LogP contribution in [0.1, 0.15) is 22.4 Å². The van der Waals surface area contributed by atoms with Crippen LogP contribution in [0.25, 0.3) is 11.1 Å². The van der Waals surface area contributed by atoms with E-state index in [9.17, 15) is 13.2 Å². The van der Waals surface area contributed by atoms with Crippen LogP contribution in [0, 0.1) is 17.6 Å². The molecular formula is C19H12F3N. The second-order valence-corrected chi connectivity index (χ2v) is 5.64. The molecule has 1 nitrogen and oxygen atoms in total. The van der Waals surface area contributed by atoms with Crippen molar-refractivity contribution in [2.45, 2.75) is 12.8 Å². The van der Waals surface area contributed by atoms with Crippen molar-refractivity contribution in [1.29, 1.82) is 0 Å². The molecule has 2 aromatic carbocycles. The van der Waals surface area contributed by atoms with Crippen LogP contribution in [-0.4, -0.2) is 4.98 Å². The maximum Gasteiger partial charge on any atom is 0.213 e. The van der Waals surface area contributed by atoms with Crippen LogP contribution < -0.4 is 0 Å². The van der Waals surface area contributed by atoms with Gasteiger partial charge in [-0.05, 0) is 34.4 Å². The first-order valence-corrected chi connectivity index (χ1v) is 7.33. The minimum Gasteiger partial charge on any atom is -0.221 e. The van der Waals surface area contributed by atoms with Crippen molar-refractivity contribution in [2.24, 2.45) is 0 Å². The summed E-state index contributed by atoms with van der Waals surface area (Å²) in [4.78, 5) is 3.53. The van der Waals surface area contributed by atoms with Gasteiger partial charge in [-0.2, -0.15) is 4.39 Å². The van der Waals surface area contributed by atoms with Gasteiger partial charge in [-0.15, -0.1) is 0 Å². The maximum absolute atomic E-state index is 14.8. The SMILES string of the molecule is Fc1ccc(F)c(Cc2ccc3c(c2F)Cc2ccccc2-3)n1. The zero-order valence-electron chi connectivity index (χ0n) is 12.1. The molecule has 0 bridgehead atoms. The van der Waals surface area contributed by atoms with E-state index in [4.69, 9.17) is 0 Å². The summed E-state index contributed by atoms with van der Waals surface area (Å²) in [5.74, 6) is -1.76. The summed E-state index contributed by atoms with van der Waals surface area (Å²) in [6, 6.07) is 13.2. The van der Waals surface area contributed by atoms with Gasteiger partial charge in [0.2, 0.25) is 5.95 Å². The molecule has 0 unspecified atom stereocenters. The number of pyridine rings is 1. The smallest absolute Gasteiger partial charge is 0.213 e. The highest BCUT2D eigenvalue weighted by Crippen LogP contribution is 2.38. The molecule has 1 heterocycles. The first-order chi connectivity index (χ1) is 11.1. The minimum atomic E-state index is -0.768. The van der Waals surface area contributed by atoms with Crippen LogP contribution >= 0.6 is 0 Å². The first-order valence-electron chi connectivity index (χ1n) is 7.33. The van der Waals surface area contributed by atoms with E-state index in [1.54, 1.807) is 6.07 Å². The molecule has 0 amide bonds. The van der Waals surface area contributed by atoms with Gasteiger partial charge in [0, 0.05) is 18.4 Å². The molecule has 114 valence electrons. The summed E-state index contributed by atoms with van der Waals surface area (Å²) >= 11 is 0. The zero-order valence-corrected chi connectivity index (χ0v) is 12.1. The second-order valence-electron chi connectivity index (χ2n) is 5.64. The zero-order chi connectivity index (χ0) is 16.0. The van der Waals surface area contributed by atoms with Crippen LogP contribution in [0.15, 0.2) is 48.5 Å². The monoisotopic (exact) mass is 311 g/mol. The molecule has 1 aromatic heterocycles. The van der Waals surface area contributed by atoms with Crippen LogP contribution in [0.5, 0.6) is 0 Å². The summed E-state index contributed by atoms with van der Waals surface area (Å²) in [7, 11) is 0. The standard InChI is InChI=1S/C19H12F3N/c20-16-7-8-18(21)23-17(16)10-12-5-6-14-13-4-2-1-3-11(13)9-15(14)19(12)22/h1-8H,9-10H2. The number of hydrogen-bond acceptors (Lipinski definition) is 1. The van der Waals surface area contributed by atoms with Crippen molar-refractivity contribution < 1.29 is 13.2 Å². The van der Waals surface area contributed by atoms with Crippen molar-refractivity contribution in [3.63, 3.8) is 0 Å². The molecule has 0 saturated heterocycles. The van der Waals surface area contributed by atoms with Crippen LogP contribution in [-0.2, 0) is 12.8 Å². The molecule has 4 heteroatoms. The van der Waals surface area contributed by atoms with Gasteiger partial charge in [0.25, 0.3) is 0 Å². The van der Waals surface area contributed by atoms with Gasteiger partial charge in [-0.25, -0.2) is 13.8 Å². The lowest BCUT2D eigenvalue weighted by atomic mass is 10.00. The quantitative estimate of drug-likeness (QED) is 0.491. The van der Waals surface area contributed by atoms with Crippen molar-refractivity contribution in [3.05, 3.63) is 88.5 Å². The number of halogens is 3. The van der Waals surface area contributed by atoms with E-state index in [2.05, 4.69) is 4.98 Å². The Labute approximate surface area is 131 Å². The van der Waals surface area contributed by atoms with Crippen LogP contribution in [0.3, 0.4) is 0 Å². The van der Waals surface area contributed by atoms with E-state index in [0.29, 0.717) is 17.5 Å². The Balaban J connectivity index is 1.76. The van der Waals surface area contributed by atoms with Crippen molar-refractivity contribution in [1.82, 2.24) is 4.98 Å². The Morgan fingerprint density at radius 2 is 1.70 bits per heavy atom. The van der Waals surface area contributed by atoms with Crippen molar-refractivity contribution >= 4 is 0 Å². The van der Waals surface area contributed by atoms with Gasteiger partial charge in [0.1, 0.15) is 11.6 Å². The molecule has 1 aliphatic carbocycles. The highest BCUT2D eigenvalue weighted by Gasteiger charge is 2.23. The number of rotatable bonds is 2. The molecule has 0 N–H and O–H groups in total. The van der Waals surface area contributed by atoms with Gasteiger partial charge in [0.05, 0.1) is 5.69 Å². The molecule has 0 aliphatic heterocycles. The highest BCUT2D eigenvalue weighted by atomic mass is 19.1. The molecule has 4 rings (SSSR count). The Morgan fingerprint density at radius 3 is 2.57 bits per heavy atom. The predicted octanol–water partition coefficient (Wildman–Crippen LogP) is 4.66. The van der Waals surface area contributed by atoms with E-state index in [1.165, 1.54) is 0 Å². The first kappa shape index (κ1) is 14.0. The molecule has 23 heavy (non-hydrogen) atoms. The van der Waals surface area contributed by atoms with Gasteiger partial charge in [0.15, 0.2) is 0 Å². The summed E-state index contributed by atoms with van der Waals surface area (Å²) in [6.07, 6.45) is 0.448. The van der Waals surface area contributed by atoms with Crippen molar-refractivity contribution in [2.75, 3.05) is 0 Å². The number of nitrogens with zero attached hydrogens (tertiary/aromatic N) is 1. The summed E-state index contributed by atoms with van der Waals surface area (Å²) in [5, 5.41) is 0. The third kappa shape index (κ3) is 2.31. The molecule has 0 fully saturated rings. The summed E-state index contributed by atoms with van der Waals surface area (Å²) in [5.41, 5.74) is 3.83. The number of aromatic nitrogens is 1. The topological polar surface area (TPSA) is 12.9 Å². The number of benzene rings is 2. The maximum atomic E-state index is 14.8. The van der Waals surface area contributed by atoms with Crippen LogP contribution in [0.2, 0.25) is 0 Å². The number of fused-ring (bicyclic) bond motifs is 3. The predicted molar refractivity (Wildman–Crippen MR) is 81.6 cm³/mol. The Bertz CT molecular complexity index is 918. The summed E-state index contributed by atoms with van der Waals surface area (Å²) < 4.78 is 41.7. The van der Waals surface area contributed by atoms with E-state index in [0.717, 1.165) is 28.8 Å². The van der Waals surface area contributed by atoms with Gasteiger partial charge < -0.3 is 0 Å². The molecule has 0 spiro atoms. The lowest BCUT2D eigenvalue weighted by molar-refractivity contribution is 0.542. The van der Waals surface area contributed by atoms with Gasteiger partial charge in [-0.3, -0.25) is 0 Å². The largest absolute Gasteiger partial charge is 0.221 e. The second kappa shape index (κ2) is 5.23. The average Bonchev–Trinajstić information content (AvgIpc) is 2.93. The molecule has 1 aliphatic rings. The molecule has 0 atom stereocenters. The fourth-order valence-corrected chi connectivity index (χ4v) is 3.12. The minimum absolute atomic E-state index is 0.0704. The molecule has 0 radical (unpaired) electrons. The summed E-state index contributed by atoms with van der Waals surface area (Å²) in [6.45, 7) is 0. The van der Waals surface area contributed by atoms with Gasteiger partial charge >= 0.3 is 0 Å².